The fourth-order valence-corrected chi connectivity index (χ4v) is 3.35. The molecule has 0 bridgehead atoms. The minimum Gasteiger partial charge on any atom is -0.314 e. The lowest BCUT2D eigenvalue weighted by atomic mass is 9.80. The number of piperazine rings is 1. The van der Waals surface area contributed by atoms with Gasteiger partial charge in [-0.15, -0.1) is 12.4 Å². The van der Waals surface area contributed by atoms with Gasteiger partial charge in [0.2, 0.25) is 0 Å². The minimum atomic E-state index is -4.43. The van der Waals surface area contributed by atoms with Crippen molar-refractivity contribution in [2.24, 2.45) is 5.41 Å². The first-order valence-electron chi connectivity index (χ1n) is 7.42. The molecule has 1 aliphatic rings. The Kier molecular flexibility index (Phi) is 6.79. The van der Waals surface area contributed by atoms with Gasteiger partial charge in [0.15, 0.2) is 0 Å². The lowest BCUT2D eigenvalue weighted by molar-refractivity contribution is -0.137. The molecule has 2 nitrogen and oxygen atoms in total. The van der Waals surface area contributed by atoms with E-state index >= 15 is 0 Å². The van der Waals surface area contributed by atoms with Crippen LogP contribution in [0.1, 0.15) is 37.9 Å². The Morgan fingerprint density at radius 1 is 1.13 bits per heavy atom. The number of rotatable bonds is 2. The second-order valence-corrected chi connectivity index (χ2v) is 7.20. The summed E-state index contributed by atoms with van der Waals surface area (Å²) in [5.74, 6) is 0. The number of hydrogen-bond donors (Lipinski definition) is 1. The van der Waals surface area contributed by atoms with Gasteiger partial charge in [0.05, 0.1) is 10.6 Å². The van der Waals surface area contributed by atoms with E-state index in [4.69, 9.17) is 11.6 Å². The fraction of sp³-hybridized carbons (Fsp3) is 0.625. The topological polar surface area (TPSA) is 15.3 Å². The zero-order chi connectivity index (χ0) is 16.5. The monoisotopic (exact) mass is 370 g/mol. The van der Waals surface area contributed by atoms with E-state index in [2.05, 4.69) is 31.0 Å². The lowest BCUT2D eigenvalue weighted by Gasteiger charge is -2.42. The van der Waals surface area contributed by atoms with Gasteiger partial charge in [0.1, 0.15) is 0 Å². The van der Waals surface area contributed by atoms with Crippen LogP contribution in [0, 0.1) is 5.41 Å². The predicted molar refractivity (Wildman–Crippen MR) is 90.3 cm³/mol. The Morgan fingerprint density at radius 3 is 2.17 bits per heavy atom. The standard InChI is InChI=1S/C16H22ClF3N2.ClH/c1-15(2,3)14(22-8-6-21-7-9-22)11-4-5-13(17)12(10-11)16(18,19)20;/h4-5,10,14,21H,6-9H2,1-3H3;1H/t14-;/m1./s1. The zero-order valence-corrected chi connectivity index (χ0v) is 15.1. The van der Waals surface area contributed by atoms with E-state index in [1.807, 2.05) is 0 Å². The Morgan fingerprint density at radius 2 is 1.70 bits per heavy atom. The molecule has 0 unspecified atom stereocenters. The first kappa shape index (κ1) is 20.6. The van der Waals surface area contributed by atoms with E-state index in [9.17, 15) is 13.2 Å². The Bertz CT molecular complexity index is 521. The van der Waals surface area contributed by atoms with Crippen LogP contribution in [0.3, 0.4) is 0 Å². The van der Waals surface area contributed by atoms with Gasteiger partial charge in [0.25, 0.3) is 0 Å². The van der Waals surface area contributed by atoms with Crippen molar-refractivity contribution in [2.45, 2.75) is 33.0 Å². The maximum Gasteiger partial charge on any atom is 0.417 e. The van der Waals surface area contributed by atoms with Crippen molar-refractivity contribution in [3.8, 4) is 0 Å². The van der Waals surface area contributed by atoms with Gasteiger partial charge < -0.3 is 5.32 Å². The van der Waals surface area contributed by atoms with Crippen molar-refractivity contribution in [2.75, 3.05) is 26.2 Å². The van der Waals surface area contributed by atoms with Crippen molar-refractivity contribution in [3.63, 3.8) is 0 Å². The van der Waals surface area contributed by atoms with Crippen LogP contribution in [0.5, 0.6) is 0 Å². The summed E-state index contributed by atoms with van der Waals surface area (Å²) in [4.78, 5) is 2.25. The first-order valence-corrected chi connectivity index (χ1v) is 7.80. The molecule has 0 saturated carbocycles. The summed E-state index contributed by atoms with van der Waals surface area (Å²) in [6, 6.07) is 4.21. The van der Waals surface area contributed by atoms with E-state index in [1.54, 1.807) is 6.07 Å². The van der Waals surface area contributed by atoms with E-state index in [-0.39, 0.29) is 28.9 Å². The quantitative estimate of drug-likeness (QED) is 0.806. The molecular formula is C16H23Cl2F3N2. The summed E-state index contributed by atoms with van der Waals surface area (Å²) in [5, 5.41) is 3.03. The number of hydrogen-bond acceptors (Lipinski definition) is 2. The molecule has 132 valence electrons. The Labute approximate surface area is 146 Å². The smallest absolute Gasteiger partial charge is 0.314 e. The molecule has 0 aromatic heterocycles. The lowest BCUT2D eigenvalue weighted by Crippen LogP contribution is -2.48. The van der Waals surface area contributed by atoms with Gasteiger partial charge in [0, 0.05) is 32.2 Å². The highest BCUT2D eigenvalue weighted by Gasteiger charge is 2.37. The molecule has 0 aliphatic carbocycles. The number of nitrogens with zero attached hydrogens (tertiary/aromatic N) is 1. The van der Waals surface area contributed by atoms with Gasteiger partial charge in [-0.3, -0.25) is 4.90 Å². The molecule has 1 aromatic rings. The largest absolute Gasteiger partial charge is 0.417 e. The summed E-state index contributed by atoms with van der Waals surface area (Å²) < 4.78 is 39.4. The summed E-state index contributed by atoms with van der Waals surface area (Å²) >= 11 is 5.74. The van der Waals surface area contributed by atoms with Crippen molar-refractivity contribution in [3.05, 3.63) is 34.3 Å². The molecule has 0 radical (unpaired) electrons. The van der Waals surface area contributed by atoms with Crippen molar-refractivity contribution < 1.29 is 13.2 Å². The number of halogens is 5. The molecule has 1 N–H and O–H groups in total. The molecule has 1 saturated heterocycles. The zero-order valence-electron chi connectivity index (χ0n) is 13.5. The summed E-state index contributed by atoms with van der Waals surface area (Å²) in [6.45, 7) is 9.53. The summed E-state index contributed by atoms with van der Waals surface area (Å²) in [5.41, 5.74) is -0.254. The molecule has 23 heavy (non-hydrogen) atoms. The summed E-state index contributed by atoms with van der Waals surface area (Å²) in [7, 11) is 0. The highest BCUT2D eigenvalue weighted by Crippen LogP contribution is 2.42. The molecule has 1 heterocycles. The third-order valence-electron chi connectivity index (χ3n) is 3.95. The van der Waals surface area contributed by atoms with E-state index in [0.717, 1.165) is 26.2 Å². The van der Waals surface area contributed by atoms with Crippen molar-refractivity contribution in [1.29, 1.82) is 0 Å². The minimum absolute atomic E-state index is 0. The van der Waals surface area contributed by atoms with Crippen LogP contribution in [0.2, 0.25) is 5.02 Å². The van der Waals surface area contributed by atoms with Crippen LogP contribution in [0.15, 0.2) is 18.2 Å². The molecule has 2 rings (SSSR count). The van der Waals surface area contributed by atoms with Crippen molar-refractivity contribution in [1.82, 2.24) is 10.2 Å². The van der Waals surface area contributed by atoms with E-state index in [0.29, 0.717) is 5.56 Å². The van der Waals surface area contributed by atoms with E-state index in [1.165, 1.54) is 12.1 Å². The van der Waals surface area contributed by atoms with E-state index < -0.39 is 11.7 Å². The average molecular weight is 371 g/mol. The predicted octanol–water partition coefficient (Wildman–Crippen LogP) is 4.77. The second-order valence-electron chi connectivity index (χ2n) is 6.79. The molecule has 1 aliphatic heterocycles. The summed E-state index contributed by atoms with van der Waals surface area (Å²) in [6.07, 6.45) is -4.43. The SMILES string of the molecule is CC(C)(C)[C@@H](c1ccc(Cl)c(C(F)(F)F)c1)N1CCNCC1.Cl. The van der Waals surface area contributed by atoms with Gasteiger partial charge in [-0.1, -0.05) is 38.4 Å². The Balaban J connectivity index is 0.00000264. The van der Waals surface area contributed by atoms with Crippen LogP contribution in [-0.2, 0) is 6.18 Å². The second kappa shape index (κ2) is 7.60. The highest BCUT2D eigenvalue weighted by molar-refractivity contribution is 6.31. The van der Waals surface area contributed by atoms with Crippen LogP contribution >= 0.6 is 24.0 Å². The maximum atomic E-state index is 13.1. The third kappa shape index (κ3) is 4.99. The fourth-order valence-electron chi connectivity index (χ4n) is 3.13. The average Bonchev–Trinajstić information content (AvgIpc) is 2.39. The first-order chi connectivity index (χ1) is 10.1. The number of alkyl halides is 3. The molecular weight excluding hydrogens is 348 g/mol. The highest BCUT2D eigenvalue weighted by atomic mass is 35.5. The van der Waals surface area contributed by atoms with Crippen LogP contribution < -0.4 is 5.32 Å². The molecule has 1 aromatic carbocycles. The van der Waals surface area contributed by atoms with Gasteiger partial charge in [-0.05, 0) is 23.1 Å². The van der Waals surface area contributed by atoms with Gasteiger partial charge in [-0.2, -0.15) is 13.2 Å². The van der Waals surface area contributed by atoms with Crippen LogP contribution in [0.4, 0.5) is 13.2 Å². The van der Waals surface area contributed by atoms with Gasteiger partial charge >= 0.3 is 6.18 Å². The number of benzene rings is 1. The normalized spacial score (nSPS) is 18.4. The molecule has 0 amide bonds. The van der Waals surface area contributed by atoms with Gasteiger partial charge in [-0.25, -0.2) is 0 Å². The maximum absolute atomic E-state index is 13.1. The molecule has 1 atom stereocenters. The third-order valence-corrected chi connectivity index (χ3v) is 4.28. The van der Waals surface area contributed by atoms with Crippen LogP contribution in [0.25, 0.3) is 0 Å². The molecule has 1 fully saturated rings. The molecule has 0 spiro atoms. The van der Waals surface area contributed by atoms with Crippen molar-refractivity contribution >= 4 is 24.0 Å². The molecule has 7 heteroatoms. The number of nitrogens with one attached hydrogen (secondary N) is 1. The van der Waals surface area contributed by atoms with Crippen LogP contribution in [-0.4, -0.2) is 31.1 Å². The Hall–Kier alpha value is -0.490.